The maximum absolute atomic E-state index is 11.4. The minimum absolute atomic E-state index is 0.116. The first-order chi connectivity index (χ1) is 13.8. The molecular formula is C22H22Cl2O5. The lowest BCUT2D eigenvalue weighted by molar-refractivity contribution is -0.153. The largest absolute Gasteiger partial charge is 0.493 e. The summed E-state index contributed by atoms with van der Waals surface area (Å²) in [7, 11) is 1.53. The normalized spacial score (nSPS) is 11.5. The number of halogens is 2. The highest BCUT2D eigenvalue weighted by Crippen LogP contribution is 2.29. The Labute approximate surface area is 180 Å². The lowest BCUT2D eigenvalue weighted by Gasteiger charge is -2.17. The maximum Gasteiger partial charge on any atom is 0.333 e. The van der Waals surface area contributed by atoms with Gasteiger partial charge < -0.3 is 19.3 Å². The topological polar surface area (TPSA) is 65.0 Å². The van der Waals surface area contributed by atoms with Crippen molar-refractivity contribution >= 4 is 29.2 Å². The van der Waals surface area contributed by atoms with Crippen LogP contribution in [0.3, 0.4) is 0 Å². The molecule has 2 rings (SSSR count). The number of carboxylic acid groups (broad SMARTS) is 1. The van der Waals surface area contributed by atoms with E-state index in [9.17, 15) is 9.90 Å². The minimum Gasteiger partial charge on any atom is -0.493 e. The third-order valence-electron chi connectivity index (χ3n) is 3.81. The zero-order valence-electron chi connectivity index (χ0n) is 16.4. The quantitative estimate of drug-likeness (QED) is 0.598. The number of ether oxygens (including phenoxy) is 3. The predicted molar refractivity (Wildman–Crippen MR) is 113 cm³/mol. The fourth-order valence-electron chi connectivity index (χ4n) is 2.52. The number of rotatable bonds is 8. The van der Waals surface area contributed by atoms with Gasteiger partial charge in [0.25, 0.3) is 0 Å². The molecule has 0 heterocycles. The Morgan fingerprint density at radius 2 is 1.86 bits per heavy atom. The Kier molecular flexibility index (Phi) is 8.66. The summed E-state index contributed by atoms with van der Waals surface area (Å²) in [5.41, 5.74) is 1.48. The van der Waals surface area contributed by atoms with Crippen molar-refractivity contribution in [2.24, 2.45) is 0 Å². The van der Waals surface area contributed by atoms with E-state index in [1.165, 1.54) is 7.11 Å². The Morgan fingerprint density at radius 1 is 1.10 bits per heavy atom. The molecule has 2 aromatic rings. The highest BCUT2D eigenvalue weighted by atomic mass is 35.5. The summed E-state index contributed by atoms with van der Waals surface area (Å²) >= 11 is 11.9. The van der Waals surface area contributed by atoms with Crippen molar-refractivity contribution in [1.82, 2.24) is 0 Å². The summed E-state index contributed by atoms with van der Waals surface area (Å²) in [5, 5.41) is 10.3. The molecule has 0 aliphatic heterocycles. The van der Waals surface area contributed by atoms with Gasteiger partial charge in [-0.2, -0.15) is 0 Å². The molecular weight excluding hydrogens is 415 g/mol. The van der Waals surface area contributed by atoms with Crippen LogP contribution in [0.15, 0.2) is 36.4 Å². The van der Waals surface area contributed by atoms with E-state index in [1.54, 1.807) is 50.2 Å². The van der Waals surface area contributed by atoms with E-state index in [0.717, 1.165) is 11.1 Å². The third kappa shape index (κ3) is 7.17. The lowest BCUT2D eigenvalue weighted by atomic mass is 10.1. The molecule has 5 nitrogen and oxygen atoms in total. The van der Waals surface area contributed by atoms with E-state index in [4.69, 9.17) is 37.4 Å². The number of carbonyl (C=O) groups is 1. The van der Waals surface area contributed by atoms with Crippen molar-refractivity contribution in [3.8, 4) is 23.3 Å². The molecule has 0 aliphatic rings. The van der Waals surface area contributed by atoms with Gasteiger partial charge >= 0.3 is 5.97 Å². The Morgan fingerprint density at radius 3 is 2.48 bits per heavy atom. The number of hydrogen-bond acceptors (Lipinski definition) is 4. The van der Waals surface area contributed by atoms with Crippen LogP contribution < -0.4 is 9.47 Å². The van der Waals surface area contributed by atoms with Crippen molar-refractivity contribution < 1.29 is 24.1 Å². The standard InChI is InChI=1S/C22H22Cl2O5/c1-14(2)29-21(22(25)26)13-16-7-9-19(27-3)20(12-16)28-10-4-5-15-6-8-17(23)18(24)11-15/h6-9,11-12,14,21H,10,13H2,1-3H3,(H,25,26). The zero-order valence-corrected chi connectivity index (χ0v) is 17.9. The molecule has 0 amide bonds. The van der Waals surface area contributed by atoms with Crippen LogP contribution in [0.25, 0.3) is 0 Å². The summed E-state index contributed by atoms with van der Waals surface area (Å²) < 4.78 is 16.5. The molecule has 1 N–H and O–H groups in total. The summed E-state index contributed by atoms with van der Waals surface area (Å²) in [6, 6.07) is 10.4. The smallest absolute Gasteiger partial charge is 0.333 e. The van der Waals surface area contributed by atoms with E-state index in [-0.39, 0.29) is 19.1 Å². The third-order valence-corrected chi connectivity index (χ3v) is 4.55. The average Bonchev–Trinajstić information content (AvgIpc) is 2.67. The molecule has 0 bridgehead atoms. The van der Waals surface area contributed by atoms with E-state index in [2.05, 4.69) is 11.8 Å². The Hall–Kier alpha value is -2.39. The van der Waals surface area contributed by atoms with E-state index in [0.29, 0.717) is 21.5 Å². The first-order valence-corrected chi connectivity index (χ1v) is 9.67. The molecule has 154 valence electrons. The van der Waals surface area contributed by atoms with Gasteiger partial charge in [0.1, 0.15) is 6.61 Å². The number of aliphatic carboxylic acids is 1. The van der Waals surface area contributed by atoms with Crippen LogP contribution in [0.4, 0.5) is 0 Å². The van der Waals surface area contributed by atoms with E-state index < -0.39 is 12.1 Å². The number of methoxy groups -OCH3 is 1. The van der Waals surface area contributed by atoms with Crippen LogP contribution >= 0.6 is 23.2 Å². The molecule has 2 aromatic carbocycles. The molecule has 29 heavy (non-hydrogen) atoms. The van der Waals surface area contributed by atoms with Crippen LogP contribution in [0, 0.1) is 11.8 Å². The fraction of sp³-hybridized carbons (Fsp3) is 0.318. The van der Waals surface area contributed by atoms with Gasteiger partial charge in [0.2, 0.25) is 0 Å². The SMILES string of the molecule is COc1ccc(CC(OC(C)C)C(=O)O)cc1OCC#Cc1ccc(Cl)c(Cl)c1. The van der Waals surface area contributed by atoms with Crippen LogP contribution in [-0.2, 0) is 16.0 Å². The van der Waals surface area contributed by atoms with Crippen LogP contribution in [0.5, 0.6) is 11.5 Å². The van der Waals surface area contributed by atoms with E-state index in [1.807, 2.05) is 0 Å². The Balaban J connectivity index is 2.09. The second-order valence-corrected chi connectivity index (χ2v) is 7.23. The summed E-state index contributed by atoms with van der Waals surface area (Å²) in [6.07, 6.45) is -0.921. The highest BCUT2D eigenvalue weighted by Gasteiger charge is 2.21. The van der Waals surface area contributed by atoms with Crippen LogP contribution in [-0.4, -0.2) is 37.0 Å². The molecule has 0 saturated carbocycles. The first kappa shape index (κ1) is 22.9. The van der Waals surface area contributed by atoms with Crippen molar-refractivity contribution in [1.29, 1.82) is 0 Å². The van der Waals surface area contributed by atoms with Gasteiger partial charge in [-0.3, -0.25) is 0 Å². The van der Waals surface area contributed by atoms with Gasteiger partial charge in [0, 0.05) is 12.0 Å². The predicted octanol–water partition coefficient (Wildman–Crippen LogP) is 4.85. The monoisotopic (exact) mass is 436 g/mol. The van der Waals surface area contributed by atoms with Gasteiger partial charge in [-0.1, -0.05) is 41.1 Å². The highest BCUT2D eigenvalue weighted by molar-refractivity contribution is 6.42. The van der Waals surface area contributed by atoms with E-state index >= 15 is 0 Å². The minimum atomic E-state index is -1.01. The average molecular weight is 437 g/mol. The fourth-order valence-corrected chi connectivity index (χ4v) is 2.82. The van der Waals surface area contributed by atoms with Gasteiger partial charge in [0.15, 0.2) is 17.6 Å². The van der Waals surface area contributed by atoms with Crippen molar-refractivity contribution in [2.75, 3.05) is 13.7 Å². The van der Waals surface area contributed by atoms with Crippen molar-refractivity contribution in [3.63, 3.8) is 0 Å². The number of benzene rings is 2. The second kappa shape index (κ2) is 11.0. The molecule has 1 unspecified atom stereocenters. The van der Waals surface area contributed by atoms with Gasteiger partial charge in [-0.25, -0.2) is 4.79 Å². The zero-order chi connectivity index (χ0) is 21.4. The van der Waals surface area contributed by atoms with Gasteiger partial charge in [-0.05, 0) is 49.7 Å². The maximum atomic E-state index is 11.4. The molecule has 7 heteroatoms. The molecule has 0 saturated heterocycles. The lowest BCUT2D eigenvalue weighted by Crippen LogP contribution is -2.29. The van der Waals surface area contributed by atoms with Crippen LogP contribution in [0.2, 0.25) is 10.0 Å². The van der Waals surface area contributed by atoms with Crippen molar-refractivity contribution in [2.45, 2.75) is 32.5 Å². The molecule has 0 radical (unpaired) electrons. The number of hydrogen-bond donors (Lipinski definition) is 1. The van der Waals surface area contributed by atoms with Crippen molar-refractivity contribution in [3.05, 3.63) is 57.6 Å². The number of carboxylic acids is 1. The van der Waals surface area contributed by atoms with Gasteiger partial charge in [-0.15, -0.1) is 0 Å². The molecule has 0 spiro atoms. The summed E-state index contributed by atoms with van der Waals surface area (Å²) in [6.45, 7) is 3.71. The first-order valence-electron chi connectivity index (χ1n) is 8.92. The molecule has 0 aliphatic carbocycles. The molecule has 0 aromatic heterocycles. The molecule has 0 fully saturated rings. The van der Waals surface area contributed by atoms with Crippen LogP contribution in [0.1, 0.15) is 25.0 Å². The van der Waals surface area contributed by atoms with Gasteiger partial charge in [0.05, 0.1) is 23.3 Å². The second-order valence-electron chi connectivity index (χ2n) is 6.42. The Bertz CT molecular complexity index is 915. The summed E-state index contributed by atoms with van der Waals surface area (Å²) in [5.74, 6) is 5.85. The summed E-state index contributed by atoms with van der Waals surface area (Å²) in [4.78, 5) is 11.4. The molecule has 1 atom stereocenters.